The van der Waals surface area contributed by atoms with Crippen molar-refractivity contribution in [3.8, 4) is 5.75 Å². The fourth-order valence-electron chi connectivity index (χ4n) is 3.21. The molecule has 1 heterocycles. The fourth-order valence-corrected chi connectivity index (χ4v) is 4.42. The molecule has 0 bridgehead atoms. The number of thioether (sulfide) groups is 1. The van der Waals surface area contributed by atoms with Crippen LogP contribution in [0.1, 0.15) is 11.1 Å². The number of ether oxygens (including phenoxy) is 1. The third-order valence-corrected chi connectivity index (χ3v) is 6.04. The zero-order valence-corrected chi connectivity index (χ0v) is 18.4. The summed E-state index contributed by atoms with van der Waals surface area (Å²) in [5, 5.41) is 1.93. The van der Waals surface area contributed by atoms with Gasteiger partial charge < -0.3 is 4.74 Å². The molecule has 1 aliphatic heterocycles. The van der Waals surface area contributed by atoms with Crippen LogP contribution in [-0.2, 0) is 11.3 Å². The number of benzene rings is 3. The molecule has 1 saturated heterocycles. The largest absolute Gasteiger partial charge is 0.489 e. The maximum atomic E-state index is 12.9. The molecule has 0 unspecified atom stereocenters. The molecule has 0 spiro atoms. The lowest BCUT2D eigenvalue weighted by Gasteiger charge is -2.13. The second-order valence-corrected chi connectivity index (χ2v) is 8.64. The van der Waals surface area contributed by atoms with Gasteiger partial charge in [-0.2, -0.15) is 0 Å². The average molecular weight is 480 g/mol. The van der Waals surface area contributed by atoms with E-state index in [0.29, 0.717) is 17.3 Å². The summed E-state index contributed by atoms with van der Waals surface area (Å²) in [6.45, 7) is 4.25. The first kappa shape index (κ1) is 20.4. The fraction of sp³-hybridized carbons (Fsp3) is 0.0833. The highest BCUT2D eigenvalue weighted by Crippen LogP contribution is 2.36. The van der Waals surface area contributed by atoms with Crippen molar-refractivity contribution in [2.24, 2.45) is 0 Å². The number of fused-ring (bicyclic) bond motifs is 1. The molecule has 150 valence electrons. The van der Waals surface area contributed by atoms with Crippen LogP contribution in [0, 0.1) is 0 Å². The Morgan fingerprint density at radius 3 is 2.63 bits per heavy atom. The second-order valence-electron chi connectivity index (χ2n) is 6.73. The summed E-state index contributed by atoms with van der Waals surface area (Å²) in [7, 11) is 0. The van der Waals surface area contributed by atoms with E-state index >= 15 is 0 Å². The van der Waals surface area contributed by atoms with Gasteiger partial charge in [0.05, 0.1) is 11.4 Å². The number of rotatable bonds is 6. The summed E-state index contributed by atoms with van der Waals surface area (Å²) in [4.78, 5) is 27.2. The van der Waals surface area contributed by atoms with Crippen molar-refractivity contribution >= 4 is 55.7 Å². The maximum Gasteiger partial charge on any atom is 0.293 e. The predicted molar refractivity (Wildman–Crippen MR) is 125 cm³/mol. The lowest BCUT2D eigenvalue weighted by Crippen LogP contribution is -2.27. The molecule has 1 aliphatic rings. The van der Waals surface area contributed by atoms with E-state index in [-0.39, 0.29) is 17.7 Å². The van der Waals surface area contributed by atoms with Gasteiger partial charge in [-0.1, -0.05) is 65.0 Å². The Kier molecular flexibility index (Phi) is 6.06. The van der Waals surface area contributed by atoms with E-state index in [9.17, 15) is 9.59 Å². The van der Waals surface area contributed by atoms with Gasteiger partial charge in [-0.15, -0.1) is 0 Å². The van der Waals surface area contributed by atoms with E-state index in [4.69, 9.17) is 4.74 Å². The molecule has 3 aromatic carbocycles. The molecule has 30 heavy (non-hydrogen) atoms. The number of nitrogens with zero attached hydrogens (tertiary/aromatic N) is 1. The first-order chi connectivity index (χ1) is 14.5. The first-order valence-corrected chi connectivity index (χ1v) is 10.9. The number of imide groups is 1. The van der Waals surface area contributed by atoms with Crippen LogP contribution in [0.15, 0.2) is 82.7 Å². The van der Waals surface area contributed by atoms with Crippen LogP contribution in [0.3, 0.4) is 0 Å². The van der Waals surface area contributed by atoms with Crippen molar-refractivity contribution in [2.45, 2.75) is 6.54 Å². The van der Waals surface area contributed by atoms with Crippen LogP contribution in [0.2, 0.25) is 0 Å². The standard InChI is InChI=1S/C24H18BrNO3S/c1-2-11-29-21-10-9-20(25)13-19(21)14-22-23(27)26(24(28)30-22)15-16-7-8-17-5-3-4-6-18(17)12-16/h2-10,12-14H,1,11,15H2/b22-14+. The minimum Gasteiger partial charge on any atom is -0.489 e. The van der Waals surface area contributed by atoms with Crippen molar-refractivity contribution in [3.63, 3.8) is 0 Å². The van der Waals surface area contributed by atoms with E-state index < -0.39 is 0 Å². The summed E-state index contributed by atoms with van der Waals surface area (Å²) < 4.78 is 6.53. The minimum absolute atomic E-state index is 0.241. The van der Waals surface area contributed by atoms with Gasteiger partial charge in [-0.05, 0) is 58.4 Å². The van der Waals surface area contributed by atoms with Crippen molar-refractivity contribution in [2.75, 3.05) is 6.61 Å². The van der Waals surface area contributed by atoms with Gasteiger partial charge in [-0.3, -0.25) is 14.5 Å². The van der Waals surface area contributed by atoms with E-state index in [1.54, 1.807) is 12.2 Å². The van der Waals surface area contributed by atoms with Crippen molar-refractivity contribution < 1.29 is 14.3 Å². The Hall–Kier alpha value is -2.83. The van der Waals surface area contributed by atoms with Crippen molar-refractivity contribution in [1.82, 2.24) is 4.90 Å². The molecule has 0 atom stereocenters. The number of carbonyl (C=O) groups is 2. The lowest BCUT2D eigenvalue weighted by molar-refractivity contribution is -0.123. The van der Waals surface area contributed by atoms with Crippen LogP contribution in [-0.4, -0.2) is 22.7 Å². The van der Waals surface area contributed by atoms with Crippen LogP contribution >= 0.6 is 27.7 Å². The highest BCUT2D eigenvalue weighted by atomic mass is 79.9. The van der Waals surface area contributed by atoms with Crippen molar-refractivity contribution in [3.05, 3.63) is 93.8 Å². The Bertz CT molecular complexity index is 1190. The molecule has 0 N–H and O–H groups in total. The van der Waals surface area contributed by atoms with E-state index in [0.717, 1.165) is 38.1 Å². The van der Waals surface area contributed by atoms with Gasteiger partial charge in [0.1, 0.15) is 12.4 Å². The monoisotopic (exact) mass is 479 g/mol. The van der Waals surface area contributed by atoms with E-state index in [2.05, 4.69) is 22.5 Å². The summed E-state index contributed by atoms with van der Waals surface area (Å²) in [5.74, 6) is 0.326. The molecule has 0 aliphatic carbocycles. The second kappa shape index (κ2) is 8.90. The molecule has 1 fully saturated rings. The molecule has 0 radical (unpaired) electrons. The third-order valence-electron chi connectivity index (χ3n) is 4.64. The summed E-state index contributed by atoms with van der Waals surface area (Å²) in [6.07, 6.45) is 3.36. The van der Waals surface area contributed by atoms with Crippen LogP contribution in [0.25, 0.3) is 16.8 Å². The zero-order valence-electron chi connectivity index (χ0n) is 16.0. The first-order valence-electron chi connectivity index (χ1n) is 9.31. The van der Waals surface area contributed by atoms with Crippen LogP contribution < -0.4 is 4.74 Å². The number of hydrogen-bond donors (Lipinski definition) is 0. The smallest absolute Gasteiger partial charge is 0.293 e. The van der Waals surface area contributed by atoms with Crippen LogP contribution in [0.4, 0.5) is 4.79 Å². The topological polar surface area (TPSA) is 46.6 Å². The molecule has 0 saturated carbocycles. The molecular formula is C24H18BrNO3S. The Morgan fingerprint density at radius 1 is 1.03 bits per heavy atom. The maximum absolute atomic E-state index is 12.9. The van der Waals surface area contributed by atoms with Gasteiger partial charge in [0.15, 0.2) is 0 Å². The number of hydrogen-bond acceptors (Lipinski definition) is 4. The highest BCUT2D eigenvalue weighted by Gasteiger charge is 2.35. The van der Waals surface area contributed by atoms with Crippen LogP contribution in [0.5, 0.6) is 5.75 Å². The number of halogens is 1. The molecule has 4 rings (SSSR count). The van der Waals surface area contributed by atoms with Gasteiger partial charge in [0.25, 0.3) is 11.1 Å². The Morgan fingerprint density at radius 2 is 1.83 bits per heavy atom. The quantitative estimate of drug-likeness (QED) is 0.303. The minimum atomic E-state index is -0.298. The summed E-state index contributed by atoms with van der Waals surface area (Å²) in [5.41, 5.74) is 1.64. The molecule has 4 nitrogen and oxygen atoms in total. The molecule has 2 amide bonds. The molecule has 6 heteroatoms. The Labute approximate surface area is 187 Å². The molecular weight excluding hydrogens is 462 g/mol. The van der Waals surface area contributed by atoms with Gasteiger partial charge in [0, 0.05) is 10.0 Å². The van der Waals surface area contributed by atoms with Crippen molar-refractivity contribution in [1.29, 1.82) is 0 Å². The number of carbonyl (C=O) groups excluding carboxylic acids is 2. The number of amides is 2. The lowest BCUT2D eigenvalue weighted by atomic mass is 10.1. The average Bonchev–Trinajstić information content (AvgIpc) is 3.00. The van der Waals surface area contributed by atoms with Gasteiger partial charge >= 0.3 is 0 Å². The predicted octanol–water partition coefficient (Wildman–Crippen LogP) is 6.40. The Balaban J connectivity index is 1.59. The normalized spacial score (nSPS) is 15.2. The van der Waals surface area contributed by atoms with Gasteiger partial charge in [-0.25, -0.2) is 0 Å². The molecule has 3 aromatic rings. The van der Waals surface area contributed by atoms with Gasteiger partial charge in [0.2, 0.25) is 0 Å². The molecule has 0 aromatic heterocycles. The summed E-state index contributed by atoms with van der Waals surface area (Å²) >= 11 is 4.39. The third kappa shape index (κ3) is 4.35. The zero-order chi connectivity index (χ0) is 21.1. The van der Waals surface area contributed by atoms with E-state index in [1.165, 1.54) is 4.90 Å². The highest BCUT2D eigenvalue weighted by molar-refractivity contribution is 9.10. The van der Waals surface area contributed by atoms with E-state index in [1.807, 2.05) is 60.7 Å². The summed E-state index contributed by atoms with van der Waals surface area (Å²) in [6, 6.07) is 19.5. The SMILES string of the molecule is C=CCOc1ccc(Br)cc1/C=C1/SC(=O)N(Cc2ccc3ccccc3c2)C1=O.